The summed E-state index contributed by atoms with van der Waals surface area (Å²) < 4.78 is 2.18. The molecule has 8 heteroatoms. The minimum atomic E-state index is -0.315. The van der Waals surface area contributed by atoms with Gasteiger partial charge in [-0.15, -0.1) is 0 Å². The number of aryl methyl sites for hydroxylation is 2. The highest BCUT2D eigenvalue weighted by molar-refractivity contribution is 9.10. The first-order valence-electron chi connectivity index (χ1n) is 9.27. The molecule has 3 aromatic rings. The van der Waals surface area contributed by atoms with Gasteiger partial charge in [0, 0.05) is 23.1 Å². The Kier molecular flexibility index (Phi) is 6.77. The standard InChI is InChI=1S/C21H21BrN4O3/c1-2-14-5-3-4-6-17(14)25-20(28)12-23-19(27)9-10-26-13-24-18-8-7-15(22)11-16(18)21(26)29/h3-8,11,13H,2,9-10,12H2,1H3,(H,23,27)(H,25,28). The van der Waals surface area contributed by atoms with Crippen molar-refractivity contribution in [2.24, 2.45) is 0 Å². The van der Waals surface area contributed by atoms with E-state index in [9.17, 15) is 14.4 Å². The van der Waals surface area contributed by atoms with Gasteiger partial charge >= 0.3 is 0 Å². The number of aromatic nitrogens is 2. The van der Waals surface area contributed by atoms with Gasteiger partial charge in [-0.05, 0) is 36.2 Å². The van der Waals surface area contributed by atoms with Crippen LogP contribution in [0.15, 0.2) is 58.1 Å². The smallest absolute Gasteiger partial charge is 0.261 e. The van der Waals surface area contributed by atoms with Crippen molar-refractivity contribution in [1.29, 1.82) is 0 Å². The lowest BCUT2D eigenvalue weighted by Crippen LogP contribution is -2.34. The number of amides is 2. The zero-order valence-corrected chi connectivity index (χ0v) is 17.5. The summed E-state index contributed by atoms with van der Waals surface area (Å²) in [4.78, 5) is 41.0. The van der Waals surface area contributed by atoms with E-state index in [-0.39, 0.29) is 36.9 Å². The van der Waals surface area contributed by atoms with Gasteiger partial charge in [-0.1, -0.05) is 41.1 Å². The molecule has 0 saturated carbocycles. The van der Waals surface area contributed by atoms with Gasteiger partial charge in [-0.2, -0.15) is 0 Å². The van der Waals surface area contributed by atoms with Crippen LogP contribution in [-0.4, -0.2) is 27.9 Å². The summed E-state index contributed by atoms with van der Waals surface area (Å²) in [5, 5.41) is 5.87. The summed E-state index contributed by atoms with van der Waals surface area (Å²) >= 11 is 3.34. The lowest BCUT2D eigenvalue weighted by Gasteiger charge is -2.11. The van der Waals surface area contributed by atoms with E-state index >= 15 is 0 Å². The number of fused-ring (bicyclic) bond motifs is 1. The largest absolute Gasteiger partial charge is 0.347 e. The highest BCUT2D eigenvalue weighted by atomic mass is 79.9. The fourth-order valence-corrected chi connectivity index (χ4v) is 3.29. The van der Waals surface area contributed by atoms with Crippen molar-refractivity contribution in [3.05, 3.63) is 69.2 Å². The normalized spacial score (nSPS) is 10.7. The van der Waals surface area contributed by atoms with Crippen LogP contribution in [0, 0.1) is 0 Å². The van der Waals surface area contributed by atoms with Gasteiger partial charge in [0.25, 0.3) is 5.56 Å². The second-order valence-corrected chi connectivity index (χ2v) is 7.41. The Labute approximate surface area is 176 Å². The predicted octanol–water partition coefficient (Wildman–Crippen LogP) is 2.87. The van der Waals surface area contributed by atoms with Gasteiger partial charge in [0.15, 0.2) is 0 Å². The average Bonchev–Trinajstić information content (AvgIpc) is 2.72. The molecule has 150 valence electrons. The quantitative estimate of drug-likeness (QED) is 0.571. The lowest BCUT2D eigenvalue weighted by molar-refractivity contribution is -0.124. The molecule has 0 fully saturated rings. The lowest BCUT2D eigenvalue weighted by atomic mass is 10.1. The fraction of sp³-hybridized carbons (Fsp3) is 0.238. The van der Waals surface area contributed by atoms with Crippen LogP contribution in [0.25, 0.3) is 10.9 Å². The van der Waals surface area contributed by atoms with E-state index in [1.165, 1.54) is 10.9 Å². The molecule has 1 heterocycles. The Bertz CT molecular complexity index is 1110. The molecule has 0 atom stereocenters. The zero-order chi connectivity index (χ0) is 20.8. The van der Waals surface area contributed by atoms with E-state index in [4.69, 9.17) is 0 Å². The van der Waals surface area contributed by atoms with Crippen molar-refractivity contribution in [2.45, 2.75) is 26.3 Å². The highest BCUT2D eigenvalue weighted by Crippen LogP contribution is 2.15. The zero-order valence-electron chi connectivity index (χ0n) is 15.9. The third kappa shape index (κ3) is 5.29. The monoisotopic (exact) mass is 456 g/mol. The van der Waals surface area contributed by atoms with Gasteiger partial charge in [0.05, 0.1) is 23.8 Å². The van der Waals surface area contributed by atoms with Crippen LogP contribution in [0.2, 0.25) is 0 Å². The summed E-state index contributed by atoms with van der Waals surface area (Å²) in [7, 11) is 0. The van der Waals surface area contributed by atoms with Crippen molar-refractivity contribution in [1.82, 2.24) is 14.9 Å². The summed E-state index contributed by atoms with van der Waals surface area (Å²) in [5.41, 5.74) is 2.16. The van der Waals surface area contributed by atoms with Crippen LogP contribution in [0.1, 0.15) is 18.9 Å². The number of nitrogens with one attached hydrogen (secondary N) is 2. The Morgan fingerprint density at radius 1 is 1.14 bits per heavy atom. The second-order valence-electron chi connectivity index (χ2n) is 6.49. The number of carbonyl (C=O) groups is 2. The number of halogens is 1. The van der Waals surface area contributed by atoms with Crippen LogP contribution in [-0.2, 0) is 22.6 Å². The number of carbonyl (C=O) groups excluding carboxylic acids is 2. The molecule has 0 aliphatic carbocycles. The Balaban J connectivity index is 1.54. The molecule has 2 N–H and O–H groups in total. The molecule has 2 aromatic carbocycles. The summed E-state index contributed by atoms with van der Waals surface area (Å²) in [6.07, 6.45) is 2.30. The third-order valence-corrected chi connectivity index (χ3v) is 4.98. The molecule has 0 saturated heterocycles. The summed E-state index contributed by atoms with van der Waals surface area (Å²) in [6, 6.07) is 12.8. The first-order valence-corrected chi connectivity index (χ1v) is 10.1. The SMILES string of the molecule is CCc1ccccc1NC(=O)CNC(=O)CCn1cnc2ccc(Br)cc2c1=O. The van der Waals surface area contributed by atoms with Gasteiger partial charge in [0.1, 0.15) is 0 Å². The Morgan fingerprint density at radius 2 is 1.93 bits per heavy atom. The molecule has 29 heavy (non-hydrogen) atoms. The van der Waals surface area contributed by atoms with Crippen LogP contribution in [0.4, 0.5) is 5.69 Å². The molecule has 1 aromatic heterocycles. The number of rotatable bonds is 7. The van der Waals surface area contributed by atoms with Crippen LogP contribution >= 0.6 is 15.9 Å². The number of anilines is 1. The predicted molar refractivity (Wildman–Crippen MR) is 116 cm³/mol. The maximum absolute atomic E-state index is 12.5. The number of para-hydroxylation sites is 1. The molecule has 2 amide bonds. The maximum atomic E-state index is 12.5. The molecule has 0 spiro atoms. The topological polar surface area (TPSA) is 93.1 Å². The average molecular weight is 457 g/mol. The third-order valence-electron chi connectivity index (χ3n) is 4.48. The molecular formula is C21H21BrN4O3. The van der Waals surface area contributed by atoms with E-state index in [0.29, 0.717) is 10.9 Å². The van der Waals surface area contributed by atoms with Crippen LogP contribution < -0.4 is 16.2 Å². The molecule has 0 aliphatic heterocycles. The number of nitrogens with zero attached hydrogens (tertiary/aromatic N) is 2. The molecule has 0 bridgehead atoms. The second kappa shape index (κ2) is 9.47. The van der Waals surface area contributed by atoms with E-state index in [2.05, 4.69) is 31.5 Å². The first kappa shape index (κ1) is 20.7. The van der Waals surface area contributed by atoms with Crippen molar-refractivity contribution in [2.75, 3.05) is 11.9 Å². The minimum absolute atomic E-state index is 0.0694. The van der Waals surface area contributed by atoms with Gasteiger partial charge < -0.3 is 10.6 Å². The van der Waals surface area contributed by atoms with Crippen molar-refractivity contribution >= 4 is 44.3 Å². The molecule has 7 nitrogen and oxygen atoms in total. The number of hydrogen-bond acceptors (Lipinski definition) is 4. The fourth-order valence-electron chi connectivity index (χ4n) is 2.92. The van der Waals surface area contributed by atoms with Gasteiger partial charge in [-0.3, -0.25) is 19.0 Å². The van der Waals surface area contributed by atoms with E-state index in [1.807, 2.05) is 37.3 Å². The number of benzene rings is 2. The first-order chi connectivity index (χ1) is 14.0. The van der Waals surface area contributed by atoms with Crippen LogP contribution in [0.5, 0.6) is 0 Å². The van der Waals surface area contributed by atoms with E-state index in [0.717, 1.165) is 22.1 Å². The van der Waals surface area contributed by atoms with Crippen molar-refractivity contribution in [3.8, 4) is 0 Å². The molecule has 3 rings (SSSR count). The summed E-state index contributed by atoms with van der Waals surface area (Å²) in [6.45, 7) is 2.06. The molecule has 0 aliphatic rings. The molecular weight excluding hydrogens is 436 g/mol. The van der Waals surface area contributed by atoms with Crippen molar-refractivity contribution in [3.63, 3.8) is 0 Å². The van der Waals surface area contributed by atoms with Crippen LogP contribution in [0.3, 0.4) is 0 Å². The molecule has 0 radical (unpaired) electrons. The summed E-state index contributed by atoms with van der Waals surface area (Å²) in [5.74, 6) is -0.612. The molecule has 0 unspecified atom stereocenters. The Hall–Kier alpha value is -3.00. The van der Waals surface area contributed by atoms with E-state index < -0.39 is 0 Å². The van der Waals surface area contributed by atoms with Gasteiger partial charge in [-0.25, -0.2) is 4.98 Å². The highest BCUT2D eigenvalue weighted by Gasteiger charge is 2.10. The maximum Gasteiger partial charge on any atom is 0.261 e. The Morgan fingerprint density at radius 3 is 2.72 bits per heavy atom. The number of hydrogen-bond donors (Lipinski definition) is 2. The van der Waals surface area contributed by atoms with Crippen molar-refractivity contribution < 1.29 is 9.59 Å². The minimum Gasteiger partial charge on any atom is -0.347 e. The van der Waals surface area contributed by atoms with Gasteiger partial charge in [0.2, 0.25) is 11.8 Å². The van der Waals surface area contributed by atoms with E-state index in [1.54, 1.807) is 12.1 Å².